The molecule has 0 fully saturated rings. The lowest BCUT2D eigenvalue weighted by Crippen LogP contribution is -2.24. The highest BCUT2D eigenvalue weighted by atomic mass is 32.2. The molecule has 1 atom stereocenters. The number of aromatic nitrogens is 2. The first-order valence-corrected chi connectivity index (χ1v) is 10.3. The monoisotopic (exact) mass is 413 g/mol. The molecule has 144 valence electrons. The van der Waals surface area contributed by atoms with Gasteiger partial charge in [0.05, 0.1) is 10.6 Å². The number of amides is 1. The summed E-state index contributed by atoms with van der Waals surface area (Å²) in [5.74, 6) is -0.247. The van der Waals surface area contributed by atoms with Crippen molar-refractivity contribution >= 4 is 50.7 Å². The van der Waals surface area contributed by atoms with Crippen molar-refractivity contribution in [2.24, 2.45) is 0 Å². The Hall–Kier alpha value is -2.71. The van der Waals surface area contributed by atoms with E-state index >= 15 is 0 Å². The van der Waals surface area contributed by atoms with Crippen molar-refractivity contribution in [3.8, 4) is 0 Å². The van der Waals surface area contributed by atoms with Gasteiger partial charge in [-0.3, -0.25) is 19.0 Å². The van der Waals surface area contributed by atoms with Gasteiger partial charge in [-0.2, -0.15) is 0 Å². The van der Waals surface area contributed by atoms with Crippen LogP contribution in [0, 0.1) is 0 Å². The van der Waals surface area contributed by atoms with Crippen molar-refractivity contribution in [1.29, 1.82) is 0 Å². The maximum absolute atomic E-state index is 12.8. The van der Waals surface area contributed by atoms with E-state index in [9.17, 15) is 14.4 Å². The van der Waals surface area contributed by atoms with Crippen molar-refractivity contribution in [3.05, 3.63) is 64.3 Å². The Balaban J connectivity index is 1.85. The molecule has 0 spiro atoms. The lowest BCUT2D eigenvalue weighted by Gasteiger charge is -2.14. The largest absolute Gasteiger partial charge is 0.326 e. The van der Waals surface area contributed by atoms with Crippen LogP contribution in [0.25, 0.3) is 10.2 Å². The minimum absolute atomic E-state index is 0.0787. The zero-order valence-electron chi connectivity index (χ0n) is 15.5. The van der Waals surface area contributed by atoms with Crippen molar-refractivity contribution in [3.63, 3.8) is 0 Å². The van der Waals surface area contributed by atoms with Crippen LogP contribution in [0.3, 0.4) is 0 Å². The first-order chi connectivity index (χ1) is 13.4. The number of Topliss-reactive ketones (excluding diaryl/α,β-unsaturated/α-hetero) is 1. The molecule has 6 nitrogen and oxygen atoms in total. The van der Waals surface area contributed by atoms with E-state index in [1.54, 1.807) is 43.3 Å². The van der Waals surface area contributed by atoms with Crippen molar-refractivity contribution in [2.75, 3.05) is 5.32 Å². The average molecular weight is 414 g/mol. The highest BCUT2D eigenvalue weighted by molar-refractivity contribution is 8.00. The summed E-state index contributed by atoms with van der Waals surface area (Å²) in [4.78, 5) is 41.8. The fourth-order valence-corrected chi connectivity index (χ4v) is 4.48. The van der Waals surface area contributed by atoms with E-state index in [1.165, 1.54) is 34.6 Å². The van der Waals surface area contributed by atoms with Gasteiger partial charge in [-0.05, 0) is 42.6 Å². The van der Waals surface area contributed by atoms with E-state index in [0.717, 1.165) is 0 Å². The molecule has 1 aromatic carbocycles. The van der Waals surface area contributed by atoms with Gasteiger partial charge in [-0.15, -0.1) is 17.9 Å². The summed E-state index contributed by atoms with van der Waals surface area (Å²) in [5.41, 5.74) is 1.03. The Labute approximate surface area is 170 Å². The van der Waals surface area contributed by atoms with E-state index in [-0.39, 0.29) is 17.2 Å². The summed E-state index contributed by atoms with van der Waals surface area (Å²) < 4.78 is 1.54. The molecule has 0 aliphatic carbocycles. The van der Waals surface area contributed by atoms with Gasteiger partial charge >= 0.3 is 0 Å². The number of anilines is 1. The van der Waals surface area contributed by atoms with Crippen molar-refractivity contribution in [1.82, 2.24) is 9.55 Å². The lowest BCUT2D eigenvalue weighted by atomic mass is 10.1. The summed E-state index contributed by atoms with van der Waals surface area (Å²) in [6, 6.07) is 8.49. The van der Waals surface area contributed by atoms with Crippen LogP contribution in [0.5, 0.6) is 0 Å². The second-order valence-electron chi connectivity index (χ2n) is 6.12. The number of ketones is 1. The number of allylic oxidation sites excluding steroid dienone is 1. The number of thiophene rings is 1. The number of carbonyl (C=O) groups is 2. The summed E-state index contributed by atoms with van der Waals surface area (Å²) in [6.45, 7) is 7.25. The third-order valence-electron chi connectivity index (χ3n) is 4.00. The maximum Gasteiger partial charge on any atom is 0.263 e. The van der Waals surface area contributed by atoms with Crippen LogP contribution < -0.4 is 10.9 Å². The Morgan fingerprint density at radius 2 is 2.04 bits per heavy atom. The number of carbonyl (C=O) groups excluding carboxylic acids is 2. The van der Waals surface area contributed by atoms with Crippen LogP contribution in [-0.4, -0.2) is 26.5 Å². The van der Waals surface area contributed by atoms with Crippen LogP contribution in [-0.2, 0) is 11.3 Å². The number of hydrogen-bond donors (Lipinski definition) is 1. The zero-order chi connectivity index (χ0) is 20.3. The fourth-order valence-electron chi connectivity index (χ4n) is 2.68. The molecule has 0 radical (unpaired) electrons. The molecule has 1 N–H and O–H groups in total. The highest BCUT2D eigenvalue weighted by Crippen LogP contribution is 2.27. The SMILES string of the molecule is C=CCn1c(SC(C)C(=O)c2ccc(NC(C)=O)cc2)nc2sccc2c1=O. The lowest BCUT2D eigenvalue weighted by molar-refractivity contribution is -0.114. The number of rotatable bonds is 7. The standard InChI is InChI=1S/C20H19N3O3S2/c1-4-10-23-19(26)16-9-11-27-18(16)22-20(23)28-12(2)17(25)14-5-7-15(8-6-14)21-13(3)24/h4-9,11-12H,1,10H2,2-3H3,(H,21,24). The molecule has 3 rings (SSSR count). The average Bonchev–Trinajstić information content (AvgIpc) is 3.13. The van der Waals surface area contributed by atoms with Crippen LogP contribution in [0.4, 0.5) is 5.69 Å². The van der Waals surface area contributed by atoms with Gasteiger partial charge in [-0.25, -0.2) is 4.98 Å². The molecule has 28 heavy (non-hydrogen) atoms. The van der Waals surface area contributed by atoms with Gasteiger partial charge in [0, 0.05) is 24.7 Å². The van der Waals surface area contributed by atoms with Gasteiger partial charge in [0.1, 0.15) is 4.83 Å². The van der Waals surface area contributed by atoms with Crippen LogP contribution >= 0.6 is 23.1 Å². The van der Waals surface area contributed by atoms with E-state index in [2.05, 4.69) is 16.9 Å². The summed E-state index contributed by atoms with van der Waals surface area (Å²) in [7, 11) is 0. The van der Waals surface area contributed by atoms with Crippen LogP contribution in [0.1, 0.15) is 24.2 Å². The maximum atomic E-state index is 12.8. The van der Waals surface area contributed by atoms with E-state index in [1.807, 2.05) is 5.38 Å². The minimum atomic E-state index is -0.438. The Kier molecular flexibility index (Phi) is 6.11. The number of hydrogen-bond acceptors (Lipinski definition) is 6. The smallest absolute Gasteiger partial charge is 0.263 e. The van der Waals surface area contributed by atoms with Gasteiger partial charge in [0.15, 0.2) is 10.9 Å². The molecule has 0 saturated heterocycles. The summed E-state index contributed by atoms with van der Waals surface area (Å²) in [5, 5.41) is 5.13. The second kappa shape index (κ2) is 8.53. The topological polar surface area (TPSA) is 81.1 Å². The molecular weight excluding hydrogens is 394 g/mol. The summed E-state index contributed by atoms with van der Waals surface area (Å²) in [6.07, 6.45) is 1.64. The van der Waals surface area contributed by atoms with Gasteiger partial charge in [0.25, 0.3) is 5.56 Å². The minimum Gasteiger partial charge on any atom is -0.326 e. The molecule has 2 heterocycles. The summed E-state index contributed by atoms with van der Waals surface area (Å²) >= 11 is 2.65. The predicted molar refractivity (Wildman–Crippen MR) is 114 cm³/mol. The Morgan fingerprint density at radius 1 is 1.32 bits per heavy atom. The zero-order valence-corrected chi connectivity index (χ0v) is 17.1. The first kappa shape index (κ1) is 20.0. The fraction of sp³-hybridized carbons (Fsp3) is 0.200. The second-order valence-corrected chi connectivity index (χ2v) is 8.32. The molecule has 8 heteroatoms. The molecule has 3 aromatic rings. The molecule has 0 aliphatic rings. The number of fused-ring (bicyclic) bond motifs is 1. The first-order valence-electron chi connectivity index (χ1n) is 8.58. The van der Waals surface area contributed by atoms with Crippen molar-refractivity contribution < 1.29 is 9.59 Å². The Morgan fingerprint density at radius 3 is 2.68 bits per heavy atom. The highest BCUT2D eigenvalue weighted by Gasteiger charge is 2.20. The number of thioether (sulfide) groups is 1. The van der Waals surface area contributed by atoms with E-state index in [0.29, 0.717) is 33.2 Å². The molecule has 1 amide bonds. The number of benzene rings is 1. The number of nitrogens with zero attached hydrogens (tertiary/aromatic N) is 2. The molecule has 0 saturated carbocycles. The van der Waals surface area contributed by atoms with Crippen LogP contribution in [0.2, 0.25) is 0 Å². The van der Waals surface area contributed by atoms with Crippen molar-refractivity contribution in [2.45, 2.75) is 30.8 Å². The normalized spacial score (nSPS) is 11.9. The van der Waals surface area contributed by atoms with Gasteiger partial charge in [0.2, 0.25) is 5.91 Å². The predicted octanol–water partition coefficient (Wildman–Crippen LogP) is 3.97. The Bertz CT molecular complexity index is 1100. The molecule has 0 aliphatic heterocycles. The van der Waals surface area contributed by atoms with E-state index < -0.39 is 5.25 Å². The third-order valence-corrected chi connectivity index (χ3v) is 5.90. The molecule has 0 bridgehead atoms. The van der Waals surface area contributed by atoms with Gasteiger partial charge in [-0.1, -0.05) is 17.8 Å². The quantitative estimate of drug-likeness (QED) is 0.274. The molecular formula is C20H19N3O3S2. The van der Waals surface area contributed by atoms with Crippen LogP contribution in [0.15, 0.2) is 58.3 Å². The number of nitrogens with one attached hydrogen (secondary N) is 1. The third kappa shape index (κ3) is 4.23. The van der Waals surface area contributed by atoms with E-state index in [4.69, 9.17) is 0 Å². The molecule has 2 aromatic heterocycles. The molecule has 1 unspecified atom stereocenters. The van der Waals surface area contributed by atoms with Gasteiger partial charge < -0.3 is 5.32 Å².